The van der Waals surface area contributed by atoms with Crippen molar-refractivity contribution in [3.05, 3.63) is 46.3 Å². The number of nitrogens with one attached hydrogen (secondary N) is 1. The fourth-order valence-corrected chi connectivity index (χ4v) is 6.72. The molecule has 1 N–H and O–H groups in total. The lowest BCUT2D eigenvalue weighted by atomic mass is 9.63. The summed E-state index contributed by atoms with van der Waals surface area (Å²) >= 11 is 0. The number of rotatable bonds is 6. The standard InChI is InChI=1S/C33H47N3O3/c1-21(2)38-31(37)30(39-32(5,6)7)28-23(4)35-22(3)27(25-9-10-26-20-34-16-11-24(26)19-25)29(28)36-17-14-33(15-18-36)12-8-13-33/h9-10,19,21,30,34H,8,11-18,20H2,1-7H3/t30-/m0/s1. The lowest BCUT2D eigenvalue weighted by molar-refractivity contribution is -0.171. The normalized spacial score (nSPS) is 19.5. The van der Waals surface area contributed by atoms with Gasteiger partial charge in [0, 0.05) is 42.1 Å². The Labute approximate surface area is 234 Å². The number of ether oxygens (including phenoxy) is 2. The number of carbonyl (C=O) groups is 1. The minimum Gasteiger partial charge on any atom is -0.461 e. The quantitative estimate of drug-likeness (QED) is 0.423. The Morgan fingerprint density at radius 3 is 2.38 bits per heavy atom. The van der Waals surface area contributed by atoms with Gasteiger partial charge in [-0.05, 0) is 109 Å². The molecule has 1 aromatic heterocycles. The molecule has 2 fully saturated rings. The number of piperidine rings is 1. The van der Waals surface area contributed by atoms with E-state index in [-0.39, 0.29) is 12.1 Å². The van der Waals surface area contributed by atoms with Crippen LogP contribution in [0.1, 0.15) is 101 Å². The molecule has 0 bridgehead atoms. The van der Waals surface area contributed by atoms with Gasteiger partial charge in [-0.15, -0.1) is 0 Å². The molecule has 0 radical (unpaired) electrons. The van der Waals surface area contributed by atoms with E-state index in [1.54, 1.807) is 0 Å². The largest absolute Gasteiger partial charge is 0.461 e. The maximum absolute atomic E-state index is 13.7. The number of benzene rings is 1. The number of hydrogen-bond donors (Lipinski definition) is 1. The number of pyridine rings is 1. The van der Waals surface area contributed by atoms with Crippen molar-refractivity contribution in [3.8, 4) is 11.1 Å². The number of anilines is 1. The Morgan fingerprint density at radius 1 is 1.05 bits per heavy atom. The Hall–Kier alpha value is -2.44. The molecule has 5 rings (SSSR count). The highest BCUT2D eigenvalue weighted by atomic mass is 16.6. The zero-order valence-corrected chi connectivity index (χ0v) is 25.1. The van der Waals surface area contributed by atoms with Gasteiger partial charge in [0.1, 0.15) is 0 Å². The van der Waals surface area contributed by atoms with Gasteiger partial charge in [0.15, 0.2) is 6.10 Å². The molecule has 3 heterocycles. The van der Waals surface area contributed by atoms with Crippen LogP contribution in [-0.2, 0) is 27.2 Å². The lowest BCUT2D eigenvalue weighted by Crippen LogP contribution is -2.44. The number of nitrogens with zero attached hydrogens (tertiary/aromatic N) is 2. The van der Waals surface area contributed by atoms with E-state index in [9.17, 15) is 4.79 Å². The fraction of sp³-hybridized carbons (Fsp3) is 0.636. The van der Waals surface area contributed by atoms with Gasteiger partial charge in [-0.2, -0.15) is 0 Å². The van der Waals surface area contributed by atoms with Crippen molar-refractivity contribution < 1.29 is 14.3 Å². The second-order valence-corrected chi connectivity index (χ2v) is 13.3. The van der Waals surface area contributed by atoms with Gasteiger partial charge in [-0.25, -0.2) is 4.79 Å². The average Bonchev–Trinajstić information content (AvgIpc) is 2.85. The highest BCUT2D eigenvalue weighted by Crippen LogP contribution is 2.51. The summed E-state index contributed by atoms with van der Waals surface area (Å²) in [7, 11) is 0. The highest BCUT2D eigenvalue weighted by molar-refractivity contribution is 5.88. The number of esters is 1. The summed E-state index contributed by atoms with van der Waals surface area (Å²) < 4.78 is 12.3. The van der Waals surface area contributed by atoms with Crippen molar-refractivity contribution in [1.29, 1.82) is 0 Å². The van der Waals surface area contributed by atoms with Gasteiger partial charge in [-0.3, -0.25) is 4.98 Å². The number of fused-ring (bicyclic) bond motifs is 1. The van der Waals surface area contributed by atoms with E-state index in [2.05, 4.69) is 35.3 Å². The summed E-state index contributed by atoms with van der Waals surface area (Å²) in [5.74, 6) is -0.343. The second kappa shape index (κ2) is 10.9. The van der Waals surface area contributed by atoms with E-state index >= 15 is 0 Å². The molecule has 2 aliphatic heterocycles. The van der Waals surface area contributed by atoms with Crippen molar-refractivity contribution in [2.24, 2.45) is 5.41 Å². The van der Waals surface area contributed by atoms with Crippen LogP contribution in [0.25, 0.3) is 11.1 Å². The van der Waals surface area contributed by atoms with Crippen molar-refractivity contribution in [3.63, 3.8) is 0 Å². The first kappa shape index (κ1) is 28.1. The molecule has 0 unspecified atom stereocenters. The SMILES string of the molecule is Cc1nc(C)c([C@H](OC(C)(C)C)C(=O)OC(C)C)c(N2CCC3(CCC3)CC2)c1-c1ccc2c(c1)CCNC2. The first-order chi connectivity index (χ1) is 18.5. The molecule has 6 heteroatoms. The smallest absolute Gasteiger partial charge is 0.340 e. The van der Waals surface area contributed by atoms with Gasteiger partial charge < -0.3 is 19.7 Å². The number of aromatic nitrogens is 1. The molecular weight excluding hydrogens is 486 g/mol. The second-order valence-electron chi connectivity index (χ2n) is 13.3. The van der Waals surface area contributed by atoms with Crippen LogP contribution in [-0.4, -0.2) is 42.3 Å². The fourth-order valence-electron chi connectivity index (χ4n) is 6.72. The monoisotopic (exact) mass is 533 g/mol. The van der Waals surface area contributed by atoms with E-state index in [1.165, 1.54) is 48.8 Å². The van der Waals surface area contributed by atoms with E-state index in [4.69, 9.17) is 14.5 Å². The van der Waals surface area contributed by atoms with Crippen LogP contribution in [0.5, 0.6) is 0 Å². The molecule has 1 atom stereocenters. The van der Waals surface area contributed by atoms with Gasteiger partial charge in [-0.1, -0.05) is 24.6 Å². The molecule has 1 saturated carbocycles. The Balaban J connectivity index is 1.69. The van der Waals surface area contributed by atoms with Crippen molar-refractivity contribution in [2.45, 2.75) is 111 Å². The molecule has 1 aromatic carbocycles. The average molecular weight is 534 g/mol. The zero-order valence-electron chi connectivity index (χ0n) is 25.1. The van der Waals surface area contributed by atoms with Crippen LogP contribution >= 0.6 is 0 Å². The van der Waals surface area contributed by atoms with Crippen LogP contribution < -0.4 is 10.2 Å². The number of hydrogen-bond acceptors (Lipinski definition) is 6. The lowest BCUT2D eigenvalue weighted by Gasteiger charge is -2.49. The van der Waals surface area contributed by atoms with E-state index in [1.807, 2.05) is 41.5 Å². The Morgan fingerprint density at radius 2 is 1.77 bits per heavy atom. The minimum atomic E-state index is -0.851. The van der Waals surface area contributed by atoms with E-state index in [0.717, 1.165) is 60.8 Å². The summed E-state index contributed by atoms with van der Waals surface area (Å²) in [6.45, 7) is 17.8. The van der Waals surface area contributed by atoms with Crippen molar-refractivity contribution >= 4 is 11.7 Å². The molecule has 6 nitrogen and oxygen atoms in total. The molecule has 1 spiro atoms. The van der Waals surface area contributed by atoms with Crippen LogP contribution in [0.15, 0.2) is 18.2 Å². The molecule has 39 heavy (non-hydrogen) atoms. The first-order valence-corrected chi connectivity index (χ1v) is 14.9. The molecule has 2 aromatic rings. The summed E-state index contributed by atoms with van der Waals surface area (Å²) in [6.07, 6.45) is 6.40. The Kier molecular flexibility index (Phi) is 7.82. The molecule has 0 amide bonds. The number of carbonyl (C=O) groups excluding carboxylic acids is 1. The predicted molar refractivity (Wildman–Crippen MR) is 157 cm³/mol. The third kappa shape index (κ3) is 5.88. The Bertz CT molecular complexity index is 1220. The van der Waals surface area contributed by atoms with Gasteiger partial charge in [0.25, 0.3) is 0 Å². The van der Waals surface area contributed by atoms with Gasteiger partial charge >= 0.3 is 5.97 Å². The molecular formula is C33H47N3O3. The summed E-state index contributed by atoms with van der Waals surface area (Å²) in [5.41, 5.74) is 8.85. The molecule has 212 valence electrons. The van der Waals surface area contributed by atoms with Crippen LogP contribution in [0.2, 0.25) is 0 Å². The first-order valence-electron chi connectivity index (χ1n) is 14.9. The summed E-state index contributed by atoms with van der Waals surface area (Å²) in [4.78, 5) is 21.3. The van der Waals surface area contributed by atoms with E-state index < -0.39 is 11.7 Å². The topological polar surface area (TPSA) is 63.7 Å². The third-order valence-corrected chi connectivity index (χ3v) is 8.81. The minimum absolute atomic E-state index is 0.229. The van der Waals surface area contributed by atoms with Gasteiger partial charge in [0.05, 0.1) is 17.4 Å². The van der Waals surface area contributed by atoms with E-state index in [0.29, 0.717) is 5.41 Å². The predicted octanol–water partition coefficient (Wildman–Crippen LogP) is 6.59. The molecule has 1 aliphatic carbocycles. The number of aryl methyl sites for hydroxylation is 2. The zero-order chi connectivity index (χ0) is 27.9. The van der Waals surface area contributed by atoms with Gasteiger partial charge in [0.2, 0.25) is 0 Å². The summed E-state index contributed by atoms with van der Waals surface area (Å²) in [6, 6.07) is 6.85. The van der Waals surface area contributed by atoms with Crippen LogP contribution in [0.3, 0.4) is 0 Å². The maximum atomic E-state index is 13.7. The van der Waals surface area contributed by atoms with Crippen molar-refractivity contribution in [1.82, 2.24) is 10.3 Å². The van der Waals surface area contributed by atoms with Crippen LogP contribution in [0.4, 0.5) is 5.69 Å². The van der Waals surface area contributed by atoms with Crippen molar-refractivity contribution in [2.75, 3.05) is 24.5 Å². The third-order valence-electron chi connectivity index (χ3n) is 8.81. The molecule has 1 saturated heterocycles. The highest BCUT2D eigenvalue weighted by Gasteiger charge is 2.42. The van der Waals surface area contributed by atoms with Crippen LogP contribution in [0, 0.1) is 19.3 Å². The maximum Gasteiger partial charge on any atom is 0.340 e. The summed E-state index contributed by atoms with van der Waals surface area (Å²) in [5, 5.41) is 3.49. The molecule has 3 aliphatic rings.